The molecular formula is C13H10ClN3O. The lowest BCUT2D eigenvalue weighted by atomic mass is 10.1. The third-order valence-electron chi connectivity index (χ3n) is 2.34. The second-order valence-electron chi connectivity index (χ2n) is 3.55. The Hall–Kier alpha value is -2.20. The lowest BCUT2D eigenvalue weighted by molar-refractivity contribution is 0.108. The summed E-state index contributed by atoms with van der Waals surface area (Å²) in [6, 6.07) is 8.54. The van der Waals surface area contributed by atoms with Crippen molar-refractivity contribution >= 4 is 34.4 Å². The van der Waals surface area contributed by atoms with Crippen LogP contribution in [-0.4, -0.2) is 16.4 Å². The van der Waals surface area contributed by atoms with Gasteiger partial charge in [-0.25, -0.2) is 0 Å². The molecule has 0 spiro atoms. The van der Waals surface area contributed by atoms with E-state index in [9.17, 15) is 4.79 Å². The molecule has 0 bridgehead atoms. The van der Waals surface area contributed by atoms with Gasteiger partial charge < -0.3 is 5.73 Å². The average molecular weight is 260 g/mol. The number of aliphatic imine (C=N–C) groups is 1. The fraction of sp³-hybridized carbons (Fsp3) is 0. The van der Waals surface area contributed by atoms with E-state index in [0.29, 0.717) is 22.5 Å². The summed E-state index contributed by atoms with van der Waals surface area (Å²) in [5.74, 6) is 0. The van der Waals surface area contributed by atoms with Gasteiger partial charge in [0, 0.05) is 29.2 Å². The van der Waals surface area contributed by atoms with Gasteiger partial charge in [-0.2, -0.15) is 0 Å². The molecular weight excluding hydrogens is 250 g/mol. The first-order valence-electron chi connectivity index (χ1n) is 5.21. The van der Waals surface area contributed by atoms with Crippen molar-refractivity contribution in [2.45, 2.75) is 0 Å². The summed E-state index contributed by atoms with van der Waals surface area (Å²) in [7, 11) is 0. The minimum Gasteiger partial charge on any atom is -0.398 e. The Morgan fingerprint density at radius 2 is 2.17 bits per heavy atom. The topological polar surface area (TPSA) is 68.3 Å². The second kappa shape index (κ2) is 5.42. The average Bonchev–Trinajstić information content (AvgIpc) is 2.38. The van der Waals surface area contributed by atoms with Crippen molar-refractivity contribution in [3.63, 3.8) is 0 Å². The third kappa shape index (κ3) is 2.73. The summed E-state index contributed by atoms with van der Waals surface area (Å²) >= 11 is 5.49. The molecule has 0 saturated carbocycles. The molecule has 1 aromatic carbocycles. The molecule has 18 heavy (non-hydrogen) atoms. The highest BCUT2D eigenvalue weighted by molar-refractivity contribution is 6.68. The highest BCUT2D eigenvalue weighted by Gasteiger charge is 2.09. The normalized spacial score (nSPS) is 10.7. The van der Waals surface area contributed by atoms with Crippen LogP contribution in [0.15, 0.2) is 47.7 Å². The number of halogens is 1. The molecule has 0 aliphatic heterocycles. The largest absolute Gasteiger partial charge is 0.398 e. The number of rotatable bonds is 3. The molecule has 1 heterocycles. The van der Waals surface area contributed by atoms with Gasteiger partial charge in [-0.3, -0.25) is 14.8 Å². The zero-order valence-corrected chi connectivity index (χ0v) is 10.1. The predicted molar refractivity (Wildman–Crippen MR) is 72.5 cm³/mol. The minimum atomic E-state index is -0.560. The maximum atomic E-state index is 11.3. The number of pyridine rings is 1. The van der Waals surface area contributed by atoms with Crippen LogP contribution in [0, 0.1) is 0 Å². The Bertz CT molecular complexity index is 596. The lowest BCUT2D eigenvalue weighted by Crippen LogP contribution is -2.01. The molecule has 2 N–H and O–H groups in total. The molecule has 0 aliphatic carbocycles. The molecule has 4 nitrogen and oxygen atoms in total. The summed E-state index contributed by atoms with van der Waals surface area (Å²) in [5, 5.41) is -0.560. The number of hydrogen-bond donors (Lipinski definition) is 1. The van der Waals surface area contributed by atoms with E-state index >= 15 is 0 Å². The molecule has 0 unspecified atom stereocenters. The summed E-state index contributed by atoms with van der Waals surface area (Å²) in [6.07, 6.45) is 4.78. The molecule has 0 aliphatic rings. The van der Waals surface area contributed by atoms with Crippen molar-refractivity contribution in [3.05, 3.63) is 53.9 Å². The Morgan fingerprint density at radius 1 is 1.33 bits per heavy atom. The highest BCUT2D eigenvalue weighted by Crippen LogP contribution is 2.18. The Kier molecular flexibility index (Phi) is 3.69. The molecule has 0 radical (unpaired) electrons. The number of hydrogen-bond acceptors (Lipinski definition) is 4. The van der Waals surface area contributed by atoms with Gasteiger partial charge in [0.1, 0.15) is 0 Å². The van der Waals surface area contributed by atoms with Crippen LogP contribution in [0.4, 0.5) is 11.4 Å². The number of nitrogens with two attached hydrogens (primary N) is 1. The van der Waals surface area contributed by atoms with Crippen LogP contribution in [0.3, 0.4) is 0 Å². The van der Waals surface area contributed by atoms with Crippen molar-refractivity contribution in [2.75, 3.05) is 5.73 Å². The van der Waals surface area contributed by atoms with Gasteiger partial charge in [0.05, 0.1) is 11.9 Å². The number of anilines is 1. The number of aromatic nitrogens is 1. The van der Waals surface area contributed by atoms with Crippen molar-refractivity contribution in [1.82, 2.24) is 4.98 Å². The SMILES string of the molecule is Nc1cccc(C(=O)Cl)c1C=Nc1cccnc1. The highest BCUT2D eigenvalue weighted by atomic mass is 35.5. The Labute approximate surface area is 109 Å². The third-order valence-corrected chi connectivity index (χ3v) is 2.54. The molecule has 90 valence electrons. The van der Waals surface area contributed by atoms with Gasteiger partial charge in [-0.05, 0) is 35.9 Å². The van der Waals surface area contributed by atoms with E-state index in [1.165, 1.54) is 6.21 Å². The van der Waals surface area contributed by atoms with Gasteiger partial charge in [-0.15, -0.1) is 0 Å². The minimum absolute atomic E-state index is 0.337. The van der Waals surface area contributed by atoms with Crippen molar-refractivity contribution < 1.29 is 4.79 Å². The van der Waals surface area contributed by atoms with Gasteiger partial charge >= 0.3 is 0 Å². The molecule has 5 heteroatoms. The summed E-state index contributed by atoms with van der Waals surface area (Å²) in [6.45, 7) is 0. The van der Waals surface area contributed by atoms with Gasteiger partial charge in [-0.1, -0.05) is 6.07 Å². The van der Waals surface area contributed by atoms with Crippen molar-refractivity contribution in [3.8, 4) is 0 Å². The van der Waals surface area contributed by atoms with Crippen LogP contribution in [0.25, 0.3) is 0 Å². The lowest BCUT2D eigenvalue weighted by Gasteiger charge is -2.04. The first-order valence-corrected chi connectivity index (χ1v) is 5.58. The maximum Gasteiger partial charge on any atom is 0.253 e. The quantitative estimate of drug-likeness (QED) is 0.523. The number of nitrogen functional groups attached to an aromatic ring is 1. The molecule has 0 atom stereocenters. The van der Waals surface area contributed by atoms with E-state index in [2.05, 4.69) is 9.98 Å². The summed E-state index contributed by atoms with van der Waals surface area (Å²) in [5.41, 5.74) is 7.79. The van der Waals surface area contributed by atoms with E-state index in [-0.39, 0.29) is 0 Å². The molecule has 2 rings (SSSR count). The van der Waals surface area contributed by atoms with E-state index in [4.69, 9.17) is 17.3 Å². The van der Waals surface area contributed by atoms with Crippen molar-refractivity contribution in [2.24, 2.45) is 4.99 Å². The van der Waals surface area contributed by atoms with Crippen LogP contribution in [0.2, 0.25) is 0 Å². The van der Waals surface area contributed by atoms with Crippen LogP contribution in [-0.2, 0) is 0 Å². The van der Waals surface area contributed by atoms with E-state index in [0.717, 1.165) is 0 Å². The molecule has 0 amide bonds. The standard InChI is InChI=1S/C13H10ClN3O/c14-13(18)10-4-1-5-12(15)11(10)8-17-9-3-2-6-16-7-9/h1-8H,15H2. The zero-order chi connectivity index (χ0) is 13.0. The zero-order valence-electron chi connectivity index (χ0n) is 9.38. The predicted octanol–water partition coefficient (Wildman–Crippen LogP) is 2.79. The smallest absolute Gasteiger partial charge is 0.253 e. The monoisotopic (exact) mass is 259 g/mol. The molecule has 0 saturated heterocycles. The Balaban J connectivity index is 2.40. The van der Waals surface area contributed by atoms with E-state index in [1.807, 2.05) is 0 Å². The van der Waals surface area contributed by atoms with Crippen LogP contribution in [0.5, 0.6) is 0 Å². The number of nitrogens with zero attached hydrogens (tertiary/aromatic N) is 2. The van der Waals surface area contributed by atoms with Crippen LogP contribution >= 0.6 is 11.6 Å². The molecule has 1 aromatic heterocycles. The summed E-state index contributed by atoms with van der Waals surface area (Å²) < 4.78 is 0. The number of benzene rings is 1. The van der Waals surface area contributed by atoms with E-state index in [1.54, 1.807) is 42.7 Å². The first kappa shape index (κ1) is 12.3. The first-order chi connectivity index (χ1) is 8.68. The molecule has 0 fully saturated rings. The van der Waals surface area contributed by atoms with Gasteiger partial charge in [0.25, 0.3) is 5.24 Å². The fourth-order valence-electron chi connectivity index (χ4n) is 1.47. The number of carbonyl (C=O) groups is 1. The second-order valence-corrected chi connectivity index (χ2v) is 3.89. The Morgan fingerprint density at radius 3 is 2.83 bits per heavy atom. The van der Waals surface area contributed by atoms with Gasteiger partial charge in [0.2, 0.25) is 0 Å². The van der Waals surface area contributed by atoms with Gasteiger partial charge in [0.15, 0.2) is 0 Å². The fourth-order valence-corrected chi connectivity index (χ4v) is 1.63. The van der Waals surface area contributed by atoms with Crippen LogP contribution in [0.1, 0.15) is 15.9 Å². The summed E-state index contributed by atoms with van der Waals surface area (Å²) in [4.78, 5) is 19.4. The number of carbonyl (C=O) groups excluding carboxylic acids is 1. The molecule has 2 aromatic rings. The van der Waals surface area contributed by atoms with Crippen LogP contribution < -0.4 is 5.73 Å². The maximum absolute atomic E-state index is 11.3. The van der Waals surface area contributed by atoms with Crippen molar-refractivity contribution in [1.29, 1.82) is 0 Å². The van der Waals surface area contributed by atoms with E-state index < -0.39 is 5.24 Å².